The molecule has 0 bridgehead atoms. The molecule has 228 valence electrons. The summed E-state index contributed by atoms with van der Waals surface area (Å²) < 4.78 is 11.1. The van der Waals surface area contributed by atoms with Crippen LogP contribution in [0, 0.1) is 0 Å². The van der Waals surface area contributed by atoms with Crippen molar-refractivity contribution in [3.05, 3.63) is 53.3 Å². The van der Waals surface area contributed by atoms with E-state index >= 15 is 0 Å². The standard InChI is InChI=1S/C28H35N9O6/c1-26(2)9-11-43-20-14(6-4-7-15(20)26)22(38)34-18-13-37-25(30)33-16(21-27(37,28(18,40)41)36-24(29)35-21)12-32-23(39)19-17(42-3)8-5-10-31-19/h4-8,10,16,18,21,40-41H,9,11-13H2,1-3H3,(H2,30,33)(H,32,39)(H,34,38)(H3,29,35,36)/p+1/t16-,18?,21-,27?/m0/s1. The van der Waals surface area contributed by atoms with Gasteiger partial charge in [0.05, 0.1) is 25.8 Å². The number of nitrogens with two attached hydrogens (primary N) is 2. The number of rotatable bonds is 6. The second-order valence-electron chi connectivity index (χ2n) is 11.8. The van der Waals surface area contributed by atoms with Gasteiger partial charge in [-0.2, -0.15) is 0 Å². The van der Waals surface area contributed by atoms with Crippen molar-refractivity contribution in [2.75, 3.05) is 26.8 Å². The Bertz CT molecular complexity index is 1540. The molecule has 2 amide bonds. The van der Waals surface area contributed by atoms with Crippen LogP contribution in [0.1, 0.15) is 46.7 Å². The van der Waals surface area contributed by atoms with E-state index in [1.807, 2.05) is 6.07 Å². The number of para-hydroxylation sites is 1. The highest BCUT2D eigenvalue weighted by atomic mass is 16.5. The maximum absolute atomic E-state index is 13.6. The first kappa shape index (κ1) is 28.5. The van der Waals surface area contributed by atoms with Crippen LogP contribution >= 0.6 is 0 Å². The quantitative estimate of drug-likeness (QED) is 0.153. The molecular formula is C28H36N9O6+. The molecule has 10 N–H and O–H groups in total. The van der Waals surface area contributed by atoms with E-state index in [0.29, 0.717) is 18.1 Å². The van der Waals surface area contributed by atoms with Crippen LogP contribution in [0.25, 0.3) is 0 Å². The summed E-state index contributed by atoms with van der Waals surface area (Å²) in [6.45, 7) is 4.48. The Morgan fingerprint density at radius 1 is 1.23 bits per heavy atom. The number of carbonyl (C=O) groups excluding carboxylic acids is 2. The maximum atomic E-state index is 13.6. The monoisotopic (exact) mass is 594 g/mol. The number of hydrogen-bond acceptors (Lipinski definition) is 12. The lowest BCUT2D eigenvalue weighted by atomic mass is 9.79. The van der Waals surface area contributed by atoms with Crippen molar-refractivity contribution in [2.24, 2.45) is 16.5 Å². The molecule has 2 aromatic rings. The molecule has 15 heteroatoms. The second kappa shape index (κ2) is 9.98. The van der Waals surface area contributed by atoms with Gasteiger partial charge in [0, 0.05) is 18.3 Å². The minimum atomic E-state index is -2.61. The van der Waals surface area contributed by atoms with Crippen LogP contribution in [0.3, 0.4) is 0 Å². The number of benzene rings is 1. The second-order valence-corrected chi connectivity index (χ2v) is 11.8. The van der Waals surface area contributed by atoms with Gasteiger partial charge < -0.3 is 36.1 Å². The molecule has 1 spiro atoms. The number of pyridine rings is 1. The van der Waals surface area contributed by atoms with E-state index in [4.69, 9.17) is 20.9 Å². The van der Waals surface area contributed by atoms with E-state index in [-0.39, 0.29) is 41.7 Å². The molecule has 4 aliphatic heterocycles. The van der Waals surface area contributed by atoms with Crippen LogP contribution in [0.5, 0.6) is 11.5 Å². The number of amides is 2. The summed E-state index contributed by atoms with van der Waals surface area (Å²) in [5.74, 6) is -2.87. The summed E-state index contributed by atoms with van der Waals surface area (Å²) in [6, 6.07) is 5.70. The Hall–Kier alpha value is -4.63. The number of aliphatic imine (C=N–C) groups is 1. The van der Waals surface area contributed by atoms with Crippen LogP contribution in [-0.4, -0.2) is 100 Å². The molecule has 43 heavy (non-hydrogen) atoms. The van der Waals surface area contributed by atoms with Crippen molar-refractivity contribution in [3.63, 3.8) is 0 Å². The van der Waals surface area contributed by atoms with Gasteiger partial charge in [-0.15, -0.1) is 0 Å². The molecule has 1 aromatic heterocycles. The lowest BCUT2D eigenvalue weighted by Crippen LogP contribution is -2.90. The molecule has 1 aromatic carbocycles. The molecule has 4 atom stereocenters. The molecule has 2 unspecified atom stereocenters. The molecular weight excluding hydrogens is 558 g/mol. The topological polar surface area (TPSA) is 224 Å². The summed E-state index contributed by atoms with van der Waals surface area (Å²) in [5.41, 5.74) is 11.9. The van der Waals surface area contributed by atoms with Crippen LogP contribution in [0.15, 0.2) is 41.5 Å². The smallest absolute Gasteiger partial charge is 0.343 e. The zero-order valence-corrected chi connectivity index (χ0v) is 24.0. The summed E-state index contributed by atoms with van der Waals surface area (Å²) in [7, 11) is 1.43. The molecule has 6 rings (SSSR count). The Balaban J connectivity index is 1.26. The number of nitrogens with zero attached hydrogens (tertiary/aromatic N) is 3. The van der Waals surface area contributed by atoms with Crippen molar-refractivity contribution >= 4 is 23.7 Å². The number of carbonyl (C=O) groups is 2. The van der Waals surface area contributed by atoms with Gasteiger partial charge >= 0.3 is 5.96 Å². The van der Waals surface area contributed by atoms with E-state index in [9.17, 15) is 19.8 Å². The van der Waals surface area contributed by atoms with E-state index in [0.717, 1.165) is 12.0 Å². The number of hydrogen-bond donors (Lipinski definition) is 8. The molecule has 4 aliphatic rings. The number of aliphatic hydroxyl groups is 2. The van der Waals surface area contributed by atoms with E-state index in [1.54, 1.807) is 24.3 Å². The fraction of sp³-hybridized carbons (Fsp3) is 0.464. The summed E-state index contributed by atoms with van der Waals surface area (Å²) in [5, 5.41) is 32.1. The molecule has 1 fully saturated rings. The fourth-order valence-electron chi connectivity index (χ4n) is 6.53. The summed E-state index contributed by atoms with van der Waals surface area (Å²) in [6.07, 6.45) is 2.27. The normalized spacial score (nSPS) is 27.7. The maximum Gasteiger partial charge on any atom is 0.343 e. The lowest BCUT2D eigenvalue weighted by Gasteiger charge is -2.46. The van der Waals surface area contributed by atoms with E-state index in [1.165, 1.54) is 18.2 Å². The highest BCUT2D eigenvalue weighted by Crippen LogP contribution is 2.43. The van der Waals surface area contributed by atoms with Gasteiger partial charge in [-0.3, -0.25) is 25.2 Å². The molecule has 0 radical (unpaired) electrons. The van der Waals surface area contributed by atoms with E-state index in [2.05, 4.69) is 44.8 Å². The number of methoxy groups -OCH3 is 1. The predicted molar refractivity (Wildman–Crippen MR) is 153 cm³/mol. The number of ether oxygens (including phenoxy) is 2. The first-order valence-electron chi connectivity index (χ1n) is 14.0. The average molecular weight is 595 g/mol. The van der Waals surface area contributed by atoms with Crippen molar-refractivity contribution < 1.29 is 34.3 Å². The molecule has 1 saturated heterocycles. The van der Waals surface area contributed by atoms with Gasteiger partial charge in [-0.05, 0) is 30.0 Å². The molecule has 0 saturated carbocycles. The Kier molecular flexibility index (Phi) is 6.61. The number of nitrogens with one attached hydrogen (secondary N) is 4. The van der Waals surface area contributed by atoms with Gasteiger partial charge in [0.25, 0.3) is 17.5 Å². The van der Waals surface area contributed by atoms with Crippen molar-refractivity contribution in [1.82, 2.24) is 25.8 Å². The summed E-state index contributed by atoms with van der Waals surface area (Å²) >= 11 is 0. The Morgan fingerprint density at radius 3 is 2.79 bits per heavy atom. The zero-order chi connectivity index (χ0) is 30.7. The van der Waals surface area contributed by atoms with E-state index < -0.39 is 41.4 Å². The molecule has 0 aliphatic carbocycles. The number of aromatic nitrogens is 1. The van der Waals surface area contributed by atoms with Gasteiger partial charge in [-0.25, -0.2) is 15.3 Å². The Morgan fingerprint density at radius 2 is 2.02 bits per heavy atom. The molecule has 5 heterocycles. The van der Waals surface area contributed by atoms with Crippen molar-refractivity contribution in [2.45, 2.75) is 55.3 Å². The van der Waals surface area contributed by atoms with Crippen molar-refractivity contribution in [3.8, 4) is 11.5 Å². The van der Waals surface area contributed by atoms with Gasteiger partial charge in [0.2, 0.25) is 5.79 Å². The van der Waals surface area contributed by atoms with Gasteiger partial charge in [0.15, 0.2) is 17.7 Å². The third kappa shape index (κ3) is 4.29. The minimum absolute atomic E-state index is 0.0266. The number of guanidine groups is 2. The van der Waals surface area contributed by atoms with Gasteiger partial charge in [-0.1, -0.05) is 26.0 Å². The predicted octanol–water partition coefficient (Wildman–Crippen LogP) is -3.56. The largest absolute Gasteiger partial charge is 0.494 e. The highest BCUT2D eigenvalue weighted by molar-refractivity contribution is 5.98. The minimum Gasteiger partial charge on any atom is -0.494 e. The zero-order valence-electron chi connectivity index (χ0n) is 24.0. The third-order valence-corrected chi connectivity index (χ3v) is 8.83. The SMILES string of the molecule is COc1cccnc1C(=O)NC[C@@H]1N=C(N)N2CC(NC(=O)c3cccc4c3OCCC4(C)C)C(O)(O)C23NC(N)=[NH+][C@@H]13. The van der Waals surface area contributed by atoms with Crippen LogP contribution in [0.4, 0.5) is 0 Å². The first-order valence-corrected chi connectivity index (χ1v) is 14.0. The van der Waals surface area contributed by atoms with Gasteiger partial charge in [0.1, 0.15) is 23.6 Å². The van der Waals surface area contributed by atoms with Crippen LogP contribution < -0.4 is 41.9 Å². The third-order valence-electron chi connectivity index (χ3n) is 8.83. The highest BCUT2D eigenvalue weighted by Gasteiger charge is 2.76. The summed E-state index contributed by atoms with van der Waals surface area (Å²) in [4.78, 5) is 39.7. The molecule has 15 nitrogen and oxygen atoms in total. The average Bonchev–Trinajstić information content (AvgIpc) is 3.44. The number of fused-ring (bicyclic) bond motifs is 1. The Labute approximate surface area is 247 Å². The van der Waals surface area contributed by atoms with Crippen LogP contribution in [-0.2, 0) is 5.41 Å². The fourth-order valence-corrected chi connectivity index (χ4v) is 6.53. The lowest BCUT2D eigenvalue weighted by molar-refractivity contribution is -0.521. The van der Waals surface area contributed by atoms with Crippen molar-refractivity contribution in [1.29, 1.82) is 0 Å². The van der Waals surface area contributed by atoms with Crippen LogP contribution in [0.2, 0.25) is 0 Å². The first-order chi connectivity index (χ1) is 20.4.